The maximum absolute atomic E-state index is 14.4. The highest BCUT2D eigenvalue weighted by molar-refractivity contribution is 5.76. The van der Waals surface area contributed by atoms with Crippen molar-refractivity contribution in [3.05, 3.63) is 53.1 Å². The fraction of sp³-hybridized carbons (Fsp3) is 0.478. The standard InChI is InChI=1S/C19H20F2O.2C2H6/c1-11(2)13-5-7-15-16-8-6-14(12(3)4)10-18(16)22-19(20,21)17(15)9-13;2*1-2/h5-12H,1-4H3;2*1-2H3. The molecule has 0 spiro atoms. The van der Waals surface area contributed by atoms with Gasteiger partial charge in [0.2, 0.25) is 0 Å². The molecule has 1 nitrogen and oxygen atoms in total. The van der Waals surface area contributed by atoms with Gasteiger partial charge in [0.1, 0.15) is 5.75 Å². The molecule has 0 saturated heterocycles. The Labute approximate surface area is 157 Å². The van der Waals surface area contributed by atoms with Crippen molar-refractivity contribution in [1.29, 1.82) is 0 Å². The molecule has 1 aliphatic rings. The van der Waals surface area contributed by atoms with Gasteiger partial charge in [0, 0.05) is 5.56 Å². The van der Waals surface area contributed by atoms with Crippen molar-refractivity contribution in [2.45, 2.75) is 73.3 Å². The Morgan fingerprint density at radius 2 is 1.19 bits per heavy atom. The molecule has 0 fully saturated rings. The summed E-state index contributed by atoms with van der Waals surface area (Å²) >= 11 is 0. The quantitative estimate of drug-likeness (QED) is 0.524. The molecule has 1 heterocycles. The lowest BCUT2D eigenvalue weighted by atomic mass is 9.90. The molecule has 0 amide bonds. The Kier molecular flexibility index (Phi) is 7.80. The van der Waals surface area contributed by atoms with Gasteiger partial charge >= 0.3 is 6.11 Å². The zero-order valence-corrected chi connectivity index (χ0v) is 17.3. The van der Waals surface area contributed by atoms with Gasteiger partial charge in [-0.25, -0.2) is 0 Å². The summed E-state index contributed by atoms with van der Waals surface area (Å²) in [5.41, 5.74) is 3.15. The number of halogens is 2. The number of alkyl halides is 2. The summed E-state index contributed by atoms with van der Waals surface area (Å²) in [6.07, 6.45) is -3.29. The Morgan fingerprint density at radius 1 is 0.731 bits per heavy atom. The van der Waals surface area contributed by atoms with Crippen LogP contribution < -0.4 is 4.74 Å². The van der Waals surface area contributed by atoms with E-state index in [-0.39, 0.29) is 23.1 Å². The van der Waals surface area contributed by atoms with Gasteiger partial charge in [-0.3, -0.25) is 0 Å². The van der Waals surface area contributed by atoms with Gasteiger partial charge in [-0.15, -0.1) is 0 Å². The molecule has 144 valence electrons. The maximum Gasteiger partial charge on any atom is 0.427 e. The smallest absolute Gasteiger partial charge is 0.427 e. The highest BCUT2D eigenvalue weighted by Gasteiger charge is 2.42. The molecule has 0 saturated carbocycles. The Bertz CT molecular complexity index is 718. The second kappa shape index (κ2) is 9.16. The van der Waals surface area contributed by atoms with E-state index in [9.17, 15) is 8.78 Å². The van der Waals surface area contributed by atoms with Crippen molar-refractivity contribution in [2.75, 3.05) is 0 Å². The first-order valence-corrected chi connectivity index (χ1v) is 9.65. The highest BCUT2D eigenvalue weighted by atomic mass is 19.3. The molecule has 0 unspecified atom stereocenters. The van der Waals surface area contributed by atoms with E-state index in [1.54, 1.807) is 18.2 Å². The van der Waals surface area contributed by atoms with Crippen molar-refractivity contribution in [3.63, 3.8) is 0 Å². The largest absolute Gasteiger partial charge is 0.428 e. The number of benzene rings is 2. The first-order valence-electron chi connectivity index (χ1n) is 9.65. The van der Waals surface area contributed by atoms with Crippen LogP contribution in [-0.4, -0.2) is 0 Å². The van der Waals surface area contributed by atoms with Crippen molar-refractivity contribution in [1.82, 2.24) is 0 Å². The zero-order chi connectivity index (χ0) is 20.1. The number of rotatable bonds is 2. The van der Waals surface area contributed by atoms with Crippen LogP contribution in [0.5, 0.6) is 5.75 Å². The van der Waals surface area contributed by atoms with Crippen molar-refractivity contribution in [2.24, 2.45) is 0 Å². The Morgan fingerprint density at radius 3 is 1.69 bits per heavy atom. The minimum atomic E-state index is -3.29. The summed E-state index contributed by atoms with van der Waals surface area (Å²) in [6, 6.07) is 10.9. The van der Waals surface area contributed by atoms with Crippen LogP contribution in [0.2, 0.25) is 0 Å². The van der Waals surface area contributed by atoms with E-state index in [0.29, 0.717) is 5.56 Å². The summed E-state index contributed by atoms with van der Waals surface area (Å²) in [6.45, 7) is 16.1. The van der Waals surface area contributed by atoms with Crippen LogP contribution in [0.4, 0.5) is 8.78 Å². The van der Waals surface area contributed by atoms with E-state index in [0.717, 1.165) is 16.7 Å². The van der Waals surface area contributed by atoms with E-state index in [1.165, 1.54) is 0 Å². The maximum atomic E-state index is 14.4. The average Bonchev–Trinajstić information content (AvgIpc) is 2.63. The Balaban J connectivity index is 0.000000791. The molecule has 2 aromatic rings. The monoisotopic (exact) mass is 362 g/mol. The average molecular weight is 363 g/mol. The fourth-order valence-corrected chi connectivity index (χ4v) is 2.79. The third-order valence-electron chi connectivity index (χ3n) is 4.22. The minimum Gasteiger partial charge on any atom is -0.428 e. The van der Waals surface area contributed by atoms with Gasteiger partial charge in [0.05, 0.1) is 5.56 Å². The molecule has 0 atom stereocenters. The zero-order valence-electron chi connectivity index (χ0n) is 17.3. The lowest BCUT2D eigenvalue weighted by Crippen LogP contribution is -2.26. The lowest BCUT2D eigenvalue weighted by molar-refractivity contribution is -0.187. The van der Waals surface area contributed by atoms with Crippen LogP contribution in [0.1, 0.15) is 83.9 Å². The van der Waals surface area contributed by atoms with Gasteiger partial charge in [-0.2, -0.15) is 8.78 Å². The topological polar surface area (TPSA) is 9.23 Å². The Hall–Kier alpha value is -1.90. The SMILES string of the molecule is CC.CC.CC(C)c1ccc2c(c1)OC(F)(F)c1cc(C(C)C)ccc1-2. The molecule has 0 radical (unpaired) electrons. The first-order chi connectivity index (χ1) is 12.3. The number of ether oxygens (including phenoxy) is 1. The van der Waals surface area contributed by atoms with Crippen LogP contribution in [-0.2, 0) is 6.11 Å². The van der Waals surface area contributed by atoms with Crippen molar-refractivity contribution >= 4 is 0 Å². The van der Waals surface area contributed by atoms with Crippen LogP contribution in [0, 0.1) is 0 Å². The van der Waals surface area contributed by atoms with Crippen LogP contribution >= 0.6 is 0 Å². The van der Waals surface area contributed by atoms with Crippen LogP contribution in [0.3, 0.4) is 0 Å². The molecular weight excluding hydrogens is 330 g/mol. The van der Waals surface area contributed by atoms with E-state index < -0.39 is 6.11 Å². The molecular formula is C23H32F2O. The van der Waals surface area contributed by atoms with Crippen molar-refractivity contribution < 1.29 is 13.5 Å². The predicted octanol–water partition coefficient (Wildman–Crippen LogP) is 8.09. The fourth-order valence-electron chi connectivity index (χ4n) is 2.79. The second-order valence-corrected chi connectivity index (χ2v) is 6.49. The summed E-state index contributed by atoms with van der Waals surface area (Å²) < 4.78 is 33.9. The van der Waals surface area contributed by atoms with Gasteiger partial charge in [0.25, 0.3) is 0 Å². The molecule has 26 heavy (non-hydrogen) atoms. The molecule has 0 bridgehead atoms. The third-order valence-corrected chi connectivity index (χ3v) is 4.22. The molecule has 2 aromatic carbocycles. The van der Waals surface area contributed by atoms with Gasteiger partial charge in [-0.05, 0) is 40.7 Å². The van der Waals surface area contributed by atoms with Gasteiger partial charge in [-0.1, -0.05) is 79.7 Å². The number of hydrogen-bond acceptors (Lipinski definition) is 1. The third kappa shape index (κ3) is 4.44. The van der Waals surface area contributed by atoms with Gasteiger partial charge < -0.3 is 4.74 Å². The molecule has 0 N–H and O–H groups in total. The summed E-state index contributed by atoms with van der Waals surface area (Å²) in [5.74, 6) is 0.735. The predicted molar refractivity (Wildman–Crippen MR) is 107 cm³/mol. The number of fused-ring (bicyclic) bond motifs is 3. The van der Waals surface area contributed by atoms with E-state index >= 15 is 0 Å². The molecule has 0 aliphatic carbocycles. The highest BCUT2D eigenvalue weighted by Crippen LogP contribution is 2.48. The van der Waals surface area contributed by atoms with Crippen LogP contribution in [0.15, 0.2) is 36.4 Å². The molecule has 3 heteroatoms. The first kappa shape index (κ1) is 22.1. The second-order valence-electron chi connectivity index (χ2n) is 6.49. The van der Waals surface area contributed by atoms with Crippen LogP contribution in [0.25, 0.3) is 11.1 Å². The molecule has 0 aromatic heterocycles. The van der Waals surface area contributed by atoms with E-state index in [1.807, 2.05) is 73.6 Å². The lowest BCUT2D eigenvalue weighted by Gasteiger charge is -2.29. The minimum absolute atomic E-state index is 0.0384. The molecule has 1 aliphatic heterocycles. The summed E-state index contributed by atoms with van der Waals surface area (Å²) in [7, 11) is 0. The normalized spacial score (nSPS) is 13.5. The van der Waals surface area contributed by atoms with E-state index in [2.05, 4.69) is 0 Å². The summed E-state index contributed by atoms with van der Waals surface area (Å²) in [4.78, 5) is 0. The number of hydrogen-bond donors (Lipinski definition) is 0. The van der Waals surface area contributed by atoms with E-state index in [4.69, 9.17) is 4.74 Å². The summed E-state index contributed by atoms with van der Waals surface area (Å²) in [5, 5.41) is 0. The molecule has 3 rings (SSSR count). The van der Waals surface area contributed by atoms with Crippen molar-refractivity contribution in [3.8, 4) is 16.9 Å². The van der Waals surface area contributed by atoms with Gasteiger partial charge in [0.15, 0.2) is 0 Å².